The van der Waals surface area contributed by atoms with Gasteiger partial charge in [-0.1, -0.05) is 27.7 Å². The van der Waals surface area contributed by atoms with Crippen molar-refractivity contribution < 1.29 is 29.4 Å². The average molecular weight is 474 g/mol. The van der Waals surface area contributed by atoms with E-state index in [1.54, 1.807) is 27.7 Å². The number of aliphatic hydroxyl groups excluding tert-OH is 1. The fourth-order valence-corrected chi connectivity index (χ4v) is 2.76. The van der Waals surface area contributed by atoms with Crippen molar-refractivity contribution in [2.24, 2.45) is 34.0 Å². The molecule has 0 radical (unpaired) electrons. The highest BCUT2D eigenvalue weighted by Crippen LogP contribution is 2.08. The average Bonchev–Trinajstić information content (AvgIpc) is 2.69. The van der Waals surface area contributed by atoms with E-state index in [1.807, 2.05) is 0 Å². The Morgan fingerprint density at radius 2 is 1.39 bits per heavy atom. The van der Waals surface area contributed by atoms with Crippen molar-refractivity contribution in [3.05, 3.63) is 0 Å². The number of aliphatic carboxylic acids is 1. The van der Waals surface area contributed by atoms with Crippen LogP contribution < -0.4 is 33.2 Å². The number of nitrogens with two attached hydrogens (primary N) is 3. The molecule has 0 rings (SSSR count). The zero-order chi connectivity index (χ0) is 25.9. The maximum absolute atomic E-state index is 12.9. The van der Waals surface area contributed by atoms with Crippen LogP contribution in [-0.2, 0) is 19.2 Å². The Kier molecular flexibility index (Phi) is 13.0. The number of rotatable bonds is 14. The fraction of sp³-hybridized carbons (Fsp3) is 0.750. The molecule has 0 heterocycles. The van der Waals surface area contributed by atoms with E-state index in [4.69, 9.17) is 17.2 Å². The van der Waals surface area contributed by atoms with Crippen molar-refractivity contribution in [2.45, 2.75) is 77.7 Å². The molecule has 11 N–H and O–H groups in total. The third kappa shape index (κ3) is 11.0. The molecule has 13 nitrogen and oxygen atoms in total. The lowest BCUT2D eigenvalue weighted by Crippen LogP contribution is -2.59. The Morgan fingerprint density at radius 1 is 0.848 bits per heavy atom. The zero-order valence-electron chi connectivity index (χ0n) is 19.9. The molecule has 0 saturated heterocycles. The largest absolute Gasteiger partial charge is 0.480 e. The van der Waals surface area contributed by atoms with Gasteiger partial charge in [0.1, 0.15) is 12.1 Å². The molecule has 33 heavy (non-hydrogen) atoms. The summed E-state index contributed by atoms with van der Waals surface area (Å²) in [5.74, 6) is -4.00. The first-order valence-electron chi connectivity index (χ1n) is 10.8. The first-order valence-corrected chi connectivity index (χ1v) is 10.8. The lowest BCUT2D eigenvalue weighted by Gasteiger charge is -2.27. The molecule has 0 aliphatic heterocycles. The molecule has 190 valence electrons. The van der Waals surface area contributed by atoms with E-state index >= 15 is 0 Å². The lowest BCUT2D eigenvalue weighted by molar-refractivity contribution is -0.145. The summed E-state index contributed by atoms with van der Waals surface area (Å²) in [7, 11) is 0. The molecule has 0 bridgehead atoms. The summed E-state index contributed by atoms with van der Waals surface area (Å²) in [5.41, 5.74) is 16.4. The number of aliphatic hydroxyl groups is 1. The summed E-state index contributed by atoms with van der Waals surface area (Å²) in [6.45, 7) is 8.36. The highest BCUT2D eigenvalue weighted by atomic mass is 16.4. The number of guanidine groups is 1. The van der Waals surface area contributed by atoms with Crippen LogP contribution in [-0.4, -0.2) is 76.7 Å². The number of carboxylic acid groups (broad SMARTS) is 1. The minimum atomic E-state index is -1.57. The molecule has 0 saturated carbocycles. The van der Waals surface area contributed by atoms with Gasteiger partial charge in [0.15, 0.2) is 12.0 Å². The van der Waals surface area contributed by atoms with Crippen molar-refractivity contribution in [1.82, 2.24) is 16.0 Å². The Balaban J connectivity index is 5.55. The van der Waals surface area contributed by atoms with Crippen LogP contribution in [0.5, 0.6) is 0 Å². The van der Waals surface area contributed by atoms with Gasteiger partial charge in [0.2, 0.25) is 17.7 Å². The second-order valence-corrected chi connectivity index (χ2v) is 8.58. The summed E-state index contributed by atoms with van der Waals surface area (Å²) < 4.78 is 0. The van der Waals surface area contributed by atoms with Gasteiger partial charge < -0.3 is 43.4 Å². The van der Waals surface area contributed by atoms with Gasteiger partial charge in [-0.25, -0.2) is 4.79 Å². The van der Waals surface area contributed by atoms with E-state index in [2.05, 4.69) is 20.9 Å². The van der Waals surface area contributed by atoms with Gasteiger partial charge in [-0.3, -0.25) is 19.4 Å². The van der Waals surface area contributed by atoms with Crippen molar-refractivity contribution in [1.29, 1.82) is 0 Å². The molecule has 0 aliphatic rings. The molecule has 13 heteroatoms. The van der Waals surface area contributed by atoms with Crippen LogP contribution >= 0.6 is 0 Å². The Labute approximate surface area is 193 Å². The molecule has 5 unspecified atom stereocenters. The molecule has 0 aromatic heterocycles. The number of nitrogens with zero attached hydrogens (tertiary/aromatic N) is 1. The molecular weight excluding hydrogens is 434 g/mol. The quantitative estimate of drug-likeness (QED) is 0.0761. The monoisotopic (exact) mass is 473 g/mol. The highest BCUT2D eigenvalue weighted by molar-refractivity contribution is 5.94. The van der Waals surface area contributed by atoms with E-state index < -0.39 is 54.0 Å². The molecule has 3 amide bonds. The van der Waals surface area contributed by atoms with Crippen molar-refractivity contribution in [2.75, 3.05) is 6.54 Å². The summed E-state index contributed by atoms with van der Waals surface area (Å²) in [6, 6.07) is -4.54. The molecule has 0 aromatic carbocycles. The van der Waals surface area contributed by atoms with E-state index in [0.29, 0.717) is 6.42 Å². The van der Waals surface area contributed by atoms with Gasteiger partial charge in [-0.2, -0.15) is 0 Å². The van der Waals surface area contributed by atoms with Gasteiger partial charge in [0.25, 0.3) is 0 Å². The number of amides is 3. The van der Waals surface area contributed by atoms with E-state index in [0.717, 1.165) is 0 Å². The predicted octanol–water partition coefficient (Wildman–Crippen LogP) is -2.40. The van der Waals surface area contributed by atoms with Gasteiger partial charge in [0.05, 0.1) is 12.1 Å². The van der Waals surface area contributed by atoms with Gasteiger partial charge in [-0.05, 0) is 31.6 Å². The standard InChI is InChI=1S/C20H39N7O6/c1-9(2)13(21)17(30)26-14(10(3)4)18(31)25-12(7-6-8-24-20(22)23)16(29)27-15(11(5)28)19(32)33/h9-15,28H,6-8,21H2,1-5H3,(H,25,31)(H,26,30)(H,27,29)(H,32,33)(H4,22,23,24). The SMILES string of the molecule is CC(C)C(N)C(=O)NC(C(=O)NC(CCCN=C(N)N)C(=O)NC(C(=O)O)C(C)O)C(C)C. The Morgan fingerprint density at radius 3 is 1.82 bits per heavy atom. The predicted molar refractivity (Wildman–Crippen MR) is 123 cm³/mol. The summed E-state index contributed by atoms with van der Waals surface area (Å²) in [5, 5.41) is 26.2. The first kappa shape index (κ1) is 30.1. The molecule has 5 atom stereocenters. The van der Waals surface area contributed by atoms with Crippen LogP contribution in [0.1, 0.15) is 47.5 Å². The topological polar surface area (TPSA) is 235 Å². The summed E-state index contributed by atoms with van der Waals surface area (Å²) in [4.78, 5) is 53.2. The van der Waals surface area contributed by atoms with Crippen LogP contribution in [0.3, 0.4) is 0 Å². The van der Waals surface area contributed by atoms with Crippen LogP contribution in [0.2, 0.25) is 0 Å². The second kappa shape index (κ2) is 14.3. The number of aliphatic imine (C=N–C) groups is 1. The number of carbonyl (C=O) groups is 4. The van der Waals surface area contributed by atoms with Crippen molar-refractivity contribution in [3.8, 4) is 0 Å². The van der Waals surface area contributed by atoms with Gasteiger partial charge in [-0.15, -0.1) is 0 Å². The summed E-state index contributed by atoms with van der Waals surface area (Å²) in [6.07, 6.45) is -1.01. The zero-order valence-corrected chi connectivity index (χ0v) is 19.9. The summed E-state index contributed by atoms with van der Waals surface area (Å²) >= 11 is 0. The Bertz CT molecular complexity index is 707. The van der Waals surface area contributed by atoms with Crippen LogP contribution in [0.25, 0.3) is 0 Å². The fourth-order valence-electron chi connectivity index (χ4n) is 2.76. The van der Waals surface area contributed by atoms with Gasteiger partial charge >= 0.3 is 5.97 Å². The highest BCUT2D eigenvalue weighted by Gasteiger charge is 2.33. The molecule has 0 aliphatic carbocycles. The van der Waals surface area contributed by atoms with Crippen LogP contribution in [0.4, 0.5) is 0 Å². The molecule has 0 spiro atoms. The molecule has 0 fully saturated rings. The second-order valence-electron chi connectivity index (χ2n) is 8.58. The number of hydrogen-bond donors (Lipinski definition) is 8. The smallest absolute Gasteiger partial charge is 0.328 e. The minimum absolute atomic E-state index is 0.0742. The minimum Gasteiger partial charge on any atom is -0.480 e. The van der Waals surface area contributed by atoms with Crippen LogP contribution in [0, 0.1) is 11.8 Å². The van der Waals surface area contributed by atoms with E-state index in [1.165, 1.54) is 6.92 Å². The number of hydrogen-bond acceptors (Lipinski definition) is 7. The third-order valence-corrected chi connectivity index (χ3v) is 4.89. The van der Waals surface area contributed by atoms with Crippen molar-refractivity contribution >= 4 is 29.7 Å². The molecular formula is C20H39N7O6. The van der Waals surface area contributed by atoms with Crippen molar-refractivity contribution in [3.63, 3.8) is 0 Å². The lowest BCUT2D eigenvalue weighted by atomic mass is 9.99. The third-order valence-electron chi connectivity index (χ3n) is 4.89. The van der Waals surface area contributed by atoms with Gasteiger partial charge in [0, 0.05) is 6.54 Å². The number of carboxylic acids is 1. The molecule has 0 aromatic rings. The number of nitrogens with one attached hydrogen (secondary N) is 3. The first-order chi connectivity index (χ1) is 15.2. The maximum atomic E-state index is 12.9. The maximum Gasteiger partial charge on any atom is 0.328 e. The number of carbonyl (C=O) groups excluding carboxylic acids is 3. The van der Waals surface area contributed by atoms with E-state index in [-0.39, 0.29) is 30.8 Å². The normalized spacial score (nSPS) is 15.7. The van der Waals surface area contributed by atoms with E-state index in [9.17, 15) is 29.4 Å². The van der Waals surface area contributed by atoms with Crippen LogP contribution in [0.15, 0.2) is 4.99 Å². The Hall–Kier alpha value is -2.93.